The molecule has 2 bridgehead atoms. The van der Waals surface area contributed by atoms with Crippen molar-refractivity contribution in [2.24, 2.45) is 16.2 Å². The molecule has 2 nitrogen and oxygen atoms in total. The third-order valence-electron chi connectivity index (χ3n) is 5.44. The van der Waals surface area contributed by atoms with Gasteiger partial charge in [-0.15, -0.1) is 0 Å². The quantitative estimate of drug-likeness (QED) is 0.555. The van der Waals surface area contributed by atoms with Crippen LogP contribution < -0.4 is 0 Å². The first-order valence-electron chi connectivity index (χ1n) is 5.32. The summed E-state index contributed by atoms with van der Waals surface area (Å²) in [5.41, 5.74) is -0.711. The Kier molecular flexibility index (Phi) is 1.61. The Hall–Kier alpha value is -0.660. The highest BCUT2D eigenvalue weighted by atomic mass is 16.2. The Morgan fingerprint density at radius 3 is 1.57 bits per heavy atom. The maximum absolute atomic E-state index is 11.9. The van der Waals surface area contributed by atoms with E-state index in [1.165, 1.54) is 0 Å². The van der Waals surface area contributed by atoms with Gasteiger partial charge in [-0.25, -0.2) is 0 Å². The van der Waals surface area contributed by atoms with Crippen molar-refractivity contribution in [1.82, 2.24) is 0 Å². The van der Waals surface area contributed by atoms with Crippen LogP contribution in [0.1, 0.15) is 47.0 Å². The van der Waals surface area contributed by atoms with Crippen molar-refractivity contribution in [3.8, 4) is 0 Å². The molecule has 0 radical (unpaired) electrons. The lowest BCUT2D eigenvalue weighted by molar-refractivity contribution is -0.154. The summed E-state index contributed by atoms with van der Waals surface area (Å²) in [7, 11) is 0. The summed E-state index contributed by atoms with van der Waals surface area (Å²) in [6, 6.07) is 0. The minimum absolute atomic E-state index is 0.155. The predicted molar refractivity (Wildman–Crippen MR) is 53.9 cm³/mol. The van der Waals surface area contributed by atoms with Crippen molar-refractivity contribution < 1.29 is 9.59 Å². The second-order valence-electron chi connectivity index (χ2n) is 5.81. The molecule has 0 aromatic carbocycles. The fraction of sp³-hybridized carbons (Fsp3) is 0.833. The number of Topliss-reactive ketones (excluding diaryl/α,β-unsaturated/α-hetero) is 2. The van der Waals surface area contributed by atoms with Gasteiger partial charge in [-0.2, -0.15) is 0 Å². The first-order chi connectivity index (χ1) is 6.26. The summed E-state index contributed by atoms with van der Waals surface area (Å²) in [4.78, 5) is 23.8. The molecular formula is C12H18O2. The average molecular weight is 194 g/mol. The van der Waals surface area contributed by atoms with Crippen LogP contribution in [0.15, 0.2) is 0 Å². The molecule has 0 amide bonds. The topological polar surface area (TPSA) is 34.1 Å². The Labute approximate surface area is 85.1 Å². The van der Waals surface area contributed by atoms with Crippen LogP contribution in [0.4, 0.5) is 0 Å². The molecular weight excluding hydrogens is 176 g/mol. The zero-order valence-electron chi connectivity index (χ0n) is 9.44. The molecule has 0 spiro atoms. The van der Waals surface area contributed by atoms with Gasteiger partial charge in [0.1, 0.15) is 11.6 Å². The van der Waals surface area contributed by atoms with Gasteiger partial charge in [-0.05, 0) is 18.3 Å². The van der Waals surface area contributed by atoms with Crippen LogP contribution >= 0.6 is 0 Å². The molecule has 0 heterocycles. The van der Waals surface area contributed by atoms with Crippen LogP contribution in [-0.4, -0.2) is 11.6 Å². The van der Waals surface area contributed by atoms with E-state index >= 15 is 0 Å². The molecule has 2 rings (SSSR count). The van der Waals surface area contributed by atoms with E-state index in [1.54, 1.807) is 0 Å². The lowest BCUT2D eigenvalue weighted by Crippen LogP contribution is -2.53. The van der Waals surface area contributed by atoms with Gasteiger partial charge in [0.15, 0.2) is 0 Å². The highest BCUT2D eigenvalue weighted by molar-refractivity contribution is 6.08. The lowest BCUT2D eigenvalue weighted by Gasteiger charge is -2.49. The van der Waals surface area contributed by atoms with E-state index in [0.717, 1.165) is 12.8 Å². The van der Waals surface area contributed by atoms with Crippen LogP contribution in [0.5, 0.6) is 0 Å². The molecule has 0 N–H and O–H groups in total. The van der Waals surface area contributed by atoms with Gasteiger partial charge >= 0.3 is 0 Å². The van der Waals surface area contributed by atoms with Gasteiger partial charge in [0, 0.05) is 10.8 Å². The van der Waals surface area contributed by atoms with Crippen LogP contribution in [0.2, 0.25) is 0 Å². The lowest BCUT2D eigenvalue weighted by atomic mass is 9.52. The normalized spacial score (nSPS) is 45.7. The first kappa shape index (κ1) is 9.88. The van der Waals surface area contributed by atoms with E-state index in [9.17, 15) is 9.59 Å². The fourth-order valence-electron chi connectivity index (χ4n) is 3.25. The summed E-state index contributed by atoms with van der Waals surface area (Å²) in [6.45, 7) is 8.23. The molecule has 2 atom stereocenters. The number of hydrogen-bond donors (Lipinski definition) is 0. The predicted octanol–water partition coefficient (Wildman–Crippen LogP) is 2.36. The van der Waals surface area contributed by atoms with Gasteiger partial charge in [0.05, 0.1) is 6.42 Å². The zero-order valence-corrected chi connectivity index (χ0v) is 9.44. The molecule has 78 valence electrons. The Morgan fingerprint density at radius 2 is 1.21 bits per heavy atom. The van der Waals surface area contributed by atoms with Gasteiger partial charge in [0.25, 0.3) is 0 Å². The third kappa shape index (κ3) is 0.745. The minimum Gasteiger partial charge on any atom is -0.299 e. The zero-order chi connectivity index (χ0) is 10.8. The van der Waals surface area contributed by atoms with Crippen molar-refractivity contribution in [2.45, 2.75) is 47.0 Å². The fourth-order valence-corrected chi connectivity index (χ4v) is 3.25. The molecule has 0 unspecified atom stereocenters. The van der Waals surface area contributed by atoms with Crippen molar-refractivity contribution in [3.05, 3.63) is 0 Å². The molecule has 0 aromatic rings. The van der Waals surface area contributed by atoms with E-state index in [0.29, 0.717) is 0 Å². The molecule has 0 aliphatic heterocycles. The Bertz CT molecular complexity index is 299. The van der Waals surface area contributed by atoms with E-state index in [2.05, 4.69) is 13.8 Å². The summed E-state index contributed by atoms with van der Waals surface area (Å²) in [6.07, 6.45) is 1.92. The molecule has 0 saturated heterocycles. The monoisotopic (exact) mass is 194 g/mol. The maximum atomic E-state index is 11.9. The summed E-state index contributed by atoms with van der Waals surface area (Å²) < 4.78 is 0. The van der Waals surface area contributed by atoms with E-state index in [1.807, 2.05) is 13.8 Å². The number of hydrogen-bond acceptors (Lipinski definition) is 2. The average Bonchev–Trinajstić information content (AvgIpc) is 2.21. The number of rotatable bonds is 0. The SMILES string of the molecule is CC1(C)[C@@]2(C)CC[C@]1(C)C(=O)CC2=O. The van der Waals surface area contributed by atoms with Gasteiger partial charge in [-0.1, -0.05) is 27.7 Å². The van der Waals surface area contributed by atoms with Gasteiger partial charge in [-0.3, -0.25) is 9.59 Å². The molecule has 2 fully saturated rings. The minimum atomic E-state index is -0.268. The smallest absolute Gasteiger partial charge is 0.146 e. The Morgan fingerprint density at radius 1 is 0.857 bits per heavy atom. The van der Waals surface area contributed by atoms with E-state index in [-0.39, 0.29) is 34.2 Å². The van der Waals surface area contributed by atoms with Crippen LogP contribution in [0, 0.1) is 16.2 Å². The van der Waals surface area contributed by atoms with Crippen molar-refractivity contribution in [1.29, 1.82) is 0 Å². The summed E-state index contributed by atoms with van der Waals surface area (Å²) >= 11 is 0. The highest BCUT2D eigenvalue weighted by Crippen LogP contribution is 2.66. The molecule has 14 heavy (non-hydrogen) atoms. The molecule has 2 saturated carbocycles. The molecule has 0 aromatic heterocycles. The van der Waals surface area contributed by atoms with Crippen LogP contribution in [0.25, 0.3) is 0 Å². The molecule has 2 heteroatoms. The summed E-state index contributed by atoms with van der Waals surface area (Å²) in [5, 5.41) is 0. The highest BCUT2D eigenvalue weighted by Gasteiger charge is 2.67. The maximum Gasteiger partial charge on any atom is 0.146 e. The number of carbonyl (C=O) groups excluding carboxylic acids is 2. The number of fused-ring (bicyclic) bond motifs is 2. The van der Waals surface area contributed by atoms with Crippen molar-refractivity contribution in [2.75, 3.05) is 0 Å². The van der Waals surface area contributed by atoms with E-state index in [4.69, 9.17) is 0 Å². The largest absolute Gasteiger partial charge is 0.299 e. The van der Waals surface area contributed by atoms with Gasteiger partial charge < -0.3 is 0 Å². The van der Waals surface area contributed by atoms with Crippen molar-refractivity contribution in [3.63, 3.8) is 0 Å². The first-order valence-corrected chi connectivity index (χ1v) is 5.32. The van der Waals surface area contributed by atoms with E-state index < -0.39 is 0 Å². The Balaban J connectivity index is 2.61. The molecule has 2 aliphatic carbocycles. The van der Waals surface area contributed by atoms with Crippen molar-refractivity contribution >= 4 is 11.6 Å². The standard InChI is InChI=1S/C12H18O2/c1-10(2)11(3)5-6-12(10,4)9(14)7-8(11)13/h5-7H2,1-4H3/t11-,12+. The van der Waals surface area contributed by atoms with Crippen LogP contribution in [-0.2, 0) is 9.59 Å². The van der Waals surface area contributed by atoms with Gasteiger partial charge in [0.2, 0.25) is 0 Å². The number of ketones is 2. The third-order valence-corrected chi connectivity index (χ3v) is 5.44. The number of carbonyl (C=O) groups is 2. The molecule has 2 aliphatic rings. The second-order valence-corrected chi connectivity index (χ2v) is 5.81. The summed E-state index contributed by atoms with van der Waals surface area (Å²) in [5.74, 6) is 0.310. The van der Waals surface area contributed by atoms with Crippen LogP contribution in [0.3, 0.4) is 0 Å². The second kappa shape index (κ2) is 2.29.